The Morgan fingerprint density at radius 3 is 2.13 bits per heavy atom. The van der Waals surface area contributed by atoms with Gasteiger partial charge in [-0.25, -0.2) is 0 Å². The number of hydrogen-bond acceptors (Lipinski definition) is 2. The SMILES string of the molecule is C=CC1(C)CCC2(C1)OCC(C)(C)CO2. The minimum Gasteiger partial charge on any atom is -0.349 e. The van der Waals surface area contributed by atoms with Crippen LogP contribution in [-0.4, -0.2) is 19.0 Å². The smallest absolute Gasteiger partial charge is 0.169 e. The van der Waals surface area contributed by atoms with Crippen LogP contribution in [0, 0.1) is 10.8 Å². The van der Waals surface area contributed by atoms with Crippen LogP contribution in [0.2, 0.25) is 0 Å². The summed E-state index contributed by atoms with van der Waals surface area (Å²) in [4.78, 5) is 0. The van der Waals surface area contributed by atoms with Gasteiger partial charge in [0.25, 0.3) is 0 Å². The molecule has 2 aliphatic rings. The van der Waals surface area contributed by atoms with Gasteiger partial charge in [-0.2, -0.15) is 0 Å². The van der Waals surface area contributed by atoms with Crippen molar-refractivity contribution in [3.05, 3.63) is 12.7 Å². The number of allylic oxidation sites excluding steroid dienone is 1. The summed E-state index contributed by atoms with van der Waals surface area (Å²) in [5.41, 5.74) is 0.361. The van der Waals surface area contributed by atoms with E-state index in [4.69, 9.17) is 9.47 Å². The van der Waals surface area contributed by atoms with Crippen molar-refractivity contribution in [2.75, 3.05) is 13.2 Å². The fourth-order valence-electron chi connectivity index (χ4n) is 2.43. The van der Waals surface area contributed by atoms with Gasteiger partial charge in [0.2, 0.25) is 0 Å². The minimum absolute atomic E-state index is 0.165. The van der Waals surface area contributed by atoms with Gasteiger partial charge in [0, 0.05) is 18.3 Å². The number of rotatable bonds is 1. The molecule has 1 aliphatic carbocycles. The van der Waals surface area contributed by atoms with Crippen molar-refractivity contribution in [1.29, 1.82) is 0 Å². The monoisotopic (exact) mass is 210 g/mol. The van der Waals surface area contributed by atoms with Crippen molar-refractivity contribution in [2.45, 2.75) is 45.8 Å². The second-order valence-electron chi connectivity index (χ2n) is 6.19. The molecule has 15 heavy (non-hydrogen) atoms. The molecule has 0 bridgehead atoms. The van der Waals surface area contributed by atoms with E-state index in [0.29, 0.717) is 0 Å². The first-order valence-electron chi connectivity index (χ1n) is 5.80. The van der Waals surface area contributed by atoms with Gasteiger partial charge in [0.1, 0.15) is 0 Å². The first-order valence-corrected chi connectivity index (χ1v) is 5.80. The maximum atomic E-state index is 5.97. The summed E-state index contributed by atoms with van der Waals surface area (Å²) in [5, 5.41) is 0. The van der Waals surface area contributed by atoms with Crippen molar-refractivity contribution in [3.63, 3.8) is 0 Å². The molecule has 0 aromatic rings. The predicted molar refractivity (Wildman–Crippen MR) is 60.6 cm³/mol. The van der Waals surface area contributed by atoms with Gasteiger partial charge in [-0.3, -0.25) is 0 Å². The average molecular weight is 210 g/mol. The Balaban J connectivity index is 2.04. The minimum atomic E-state index is -0.307. The van der Waals surface area contributed by atoms with Gasteiger partial charge in [-0.1, -0.05) is 26.8 Å². The molecule has 2 nitrogen and oxygen atoms in total. The number of hydrogen-bond donors (Lipinski definition) is 0. The fraction of sp³-hybridized carbons (Fsp3) is 0.846. The highest BCUT2D eigenvalue weighted by Crippen LogP contribution is 2.49. The van der Waals surface area contributed by atoms with Crippen LogP contribution in [0.4, 0.5) is 0 Å². The summed E-state index contributed by atoms with van der Waals surface area (Å²) >= 11 is 0. The highest BCUT2D eigenvalue weighted by atomic mass is 16.7. The number of ether oxygens (including phenoxy) is 2. The Bertz CT molecular complexity index is 260. The molecule has 0 amide bonds. The zero-order valence-electron chi connectivity index (χ0n) is 10.1. The van der Waals surface area contributed by atoms with Crippen molar-refractivity contribution in [1.82, 2.24) is 0 Å². The van der Waals surface area contributed by atoms with Crippen molar-refractivity contribution < 1.29 is 9.47 Å². The van der Waals surface area contributed by atoms with Gasteiger partial charge in [0.15, 0.2) is 5.79 Å². The molecular weight excluding hydrogens is 188 g/mol. The molecule has 2 heteroatoms. The summed E-state index contributed by atoms with van der Waals surface area (Å²) in [6, 6.07) is 0. The average Bonchev–Trinajstić information content (AvgIpc) is 2.52. The largest absolute Gasteiger partial charge is 0.349 e. The van der Waals surface area contributed by atoms with Crippen molar-refractivity contribution >= 4 is 0 Å². The molecule has 1 saturated heterocycles. The van der Waals surface area contributed by atoms with Crippen molar-refractivity contribution in [2.24, 2.45) is 10.8 Å². The quantitative estimate of drug-likeness (QED) is 0.619. The Morgan fingerprint density at radius 1 is 1.07 bits per heavy atom. The molecular formula is C13H22O2. The molecule has 0 aromatic carbocycles. The van der Waals surface area contributed by atoms with Gasteiger partial charge in [-0.15, -0.1) is 6.58 Å². The molecule has 1 unspecified atom stereocenters. The molecule has 1 atom stereocenters. The Hall–Kier alpha value is -0.340. The van der Waals surface area contributed by atoms with Crippen LogP contribution in [0.3, 0.4) is 0 Å². The molecule has 1 aliphatic heterocycles. The summed E-state index contributed by atoms with van der Waals surface area (Å²) in [7, 11) is 0. The first kappa shape index (κ1) is 11.2. The second kappa shape index (κ2) is 3.33. The van der Waals surface area contributed by atoms with E-state index in [1.54, 1.807) is 0 Å². The Kier molecular flexibility index (Phi) is 2.47. The highest BCUT2D eigenvalue weighted by Gasteiger charge is 2.49. The van der Waals surface area contributed by atoms with E-state index in [1.807, 2.05) is 6.08 Å². The molecule has 1 heterocycles. The Labute approximate surface area is 92.6 Å². The summed E-state index contributed by atoms with van der Waals surface area (Å²) < 4.78 is 11.9. The van der Waals surface area contributed by atoms with Crippen LogP contribution in [0.5, 0.6) is 0 Å². The molecule has 1 saturated carbocycles. The van der Waals surface area contributed by atoms with Crippen LogP contribution in [-0.2, 0) is 9.47 Å². The molecule has 2 rings (SSSR count). The van der Waals surface area contributed by atoms with Crippen LogP contribution < -0.4 is 0 Å². The van der Waals surface area contributed by atoms with Gasteiger partial charge < -0.3 is 9.47 Å². The fourth-order valence-corrected chi connectivity index (χ4v) is 2.43. The maximum Gasteiger partial charge on any atom is 0.169 e. The van der Waals surface area contributed by atoms with Crippen LogP contribution >= 0.6 is 0 Å². The lowest BCUT2D eigenvalue weighted by Gasteiger charge is -2.42. The third-order valence-corrected chi connectivity index (χ3v) is 3.69. The molecule has 0 radical (unpaired) electrons. The van der Waals surface area contributed by atoms with E-state index < -0.39 is 0 Å². The van der Waals surface area contributed by atoms with E-state index in [-0.39, 0.29) is 16.6 Å². The predicted octanol–water partition coefficient (Wildman–Crippen LogP) is 3.13. The summed E-state index contributed by atoms with van der Waals surface area (Å²) in [5.74, 6) is -0.307. The van der Waals surface area contributed by atoms with E-state index in [2.05, 4.69) is 27.4 Å². The molecule has 86 valence electrons. The van der Waals surface area contributed by atoms with Crippen LogP contribution in [0.25, 0.3) is 0 Å². The zero-order valence-corrected chi connectivity index (χ0v) is 10.1. The topological polar surface area (TPSA) is 18.5 Å². The van der Waals surface area contributed by atoms with E-state index >= 15 is 0 Å². The summed E-state index contributed by atoms with van der Waals surface area (Å²) in [6.07, 6.45) is 5.14. The lowest BCUT2D eigenvalue weighted by atomic mass is 9.88. The van der Waals surface area contributed by atoms with Crippen LogP contribution in [0.15, 0.2) is 12.7 Å². The lowest BCUT2D eigenvalue weighted by Crippen LogP contribution is -2.46. The van der Waals surface area contributed by atoms with E-state index in [9.17, 15) is 0 Å². The van der Waals surface area contributed by atoms with Crippen molar-refractivity contribution in [3.8, 4) is 0 Å². The standard InChI is InChI=1S/C13H22O2/c1-5-12(4)6-7-13(8-12)14-9-11(2,3)10-15-13/h5H,1,6-10H2,2-4H3. The van der Waals surface area contributed by atoms with E-state index in [1.165, 1.54) is 0 Å². The highest BCUT2D eigenvalue weighted by molar-refractivity contribution is 5.02. The zero-order chi connectivity index (χ0) is 11.2. The molecule has 1 spiro atoms. The molecule has 0 N–H and O–H groups in total. The maximum absolute atomic E-state index is 5.97. The second-order valence-corrected chi connectivity index (χ2v) is 6.19. The van der Waals surface area contributed by atoms with E-state index in [0.717, 1.165) is 32.5 Å². The lowest BCUT2D eigenvalue weighted by molar-refractivity contribution is -0.296. The third kappa shape index (κ3) is 2.11. The van der Waals surface area contributed by atoms with Gasteiger partial charge in [0.05, 0.1) is 13.2 Å². The normalized spacial score (nSPS) is 38.1. The molecule has 2 fully saturated rings. The Morgan fingerprint density at radius 2 is 1.67 bits per heavy atom. The van der Waals surface area contributed by atoms with Gasteiger partial charge >= 0.3 is 0 Å². The molecule has 0 aromatic heterocycles. The summed E-state index contributed by atoms with van der Waals surface area (Å²) in [6.45, 7) is 12.1. The van der Waals surface area contributed by atoms with Gasteiger partial charge in [-0.05, 0) is 11.8 Å². The third-order valence-electron chi connectivity index (χ3n) is 3.69. The van der Waals surface area contributed by atoms with Crippen LogP contribution in [0.1, 0.15) is 40.0 Å². The first-order chi connectivity index (χ1) is 6.89.